The van der Waals surface area contributed by atoms with Crippen molar-refractivity contribution in [2.45, 2.75) is 83.8 Å². The average Bonchev–Trinajstić information content (AvgIpc) is 2.86. The minimum Gasteiger partial charge on any atom is -0.382 e. The molecule has 3 atom stereocenters. The van der Waals surface area contributed by atoms with Crippen LogP contribution in [0.25, 0.3) is 0 Å². The van der Waals surface area contributed by atoms with Crippen molar-refractivity contribution in [1.82, 2.24) is 10.2 Å². The Balaban J connectivity index is 1.62. The fourth-order valence-electron chi connectivity index (χ4n) is 5.79. The van der Waals surface area contributed by atoms with Crippen LogP contribution in [0.1, 0.15) is 83.3 Å². The number of hydrogen-bond acceptors (Lipinski definition) is 4. The zero-order valence-corrected chi connectivity index (χ0v) is 21.5. The predicted octanol–water partition coefficient (Wildman–Crippen LogP) is 5.28. The molecule has 2 amide bonds. The summed E-state index contributed by atoms with van der Waals surface area (Å²) in [6.07, 6.45) is 10.3. The Hall–Kier alpha value is -1.63. The number of urea groups is 1. The van der Waals surface area contributed by atoms with Gasteiger partial charge in [0.1, 0.15) is 0 Å². The summed E-state index contributed by atoms with van der Waals surface area (Å²) in [5.74, 6) is 0.696. The summed E-state index contributed by atoms with van der Waals surface area (Å²) >= 11 is 0. The maximum Gasteiger partial charge on any atom is 0.317 e. The Kier molecular flexibility index (Phi) is 11.1. The molecule has 2 aliphatic rings. The highest BCUT2D eigenvalue weighted by molar-refractivity contribution is 5.74. The van der Waals surface area contributed by atoms with Gasteiger partial charge in [-0.2, -0.15) is 0 Å². The van der Waals surface area contributed by atoms with Gasteiger partial charge < -0.3 is 25.4 Å². The van der Waals surface area contributed by atoms with Gasteiger partial charge in [0.05, 0.1) is 6.10 Å². The van der Waals surface area contributed by atoms with Crippen LogP contribution in [-0.4, -0.2) is 56.4 Å². The summed E-state index contributed by atoms with van der Waals surface area (Å²) in [4.78, 5) is 15.3. The molecule has 0 radical (unpaired) electrons. The van der Waals surface area contributed by atoms with Crippen molar-refractivity contribution in [2.24, 2.45) is 17.1 Å². The molecule has 6 heteroatoms. The Bertz CT molecular complexity index is 710. The zero-order chi connectivity index (χ0) is 24.2. The van der Waals surface area contributed by atoms with E-state index in [1.807, 2.05) is 17.9 Å². The summed E-state index contributed by atoms with van der Waals surface area (Å²) < 4.78 is 12.0. The highest BCUT2D eigenvalue weighted by Crippen LogP contribution is 2.43. The van der Waals surface area contributed by atoms with Gasteiger partial charge in [-0.1, -0.05) is 69.4 Å². The zero-order valence-electron chi connectivity index (χ0n) is 21.5. The molecule has 0 bridgehead atoms. The monoisotopic (exact) mass is 473 g/mol. The number of nitrogens with one attached hydrogen (secondary N) is 1. The van der Waals surface area contributed by atoms with Crippen LogP contribution in [0.2, 0.25) is 0 Å². The number of likely N-dealkylation sites (tertiary alicyclic amines) is 1. The average molecular weight is 474 g/mol. The van der Waals surface area contributed by atoms with E-state index >= 15 is 0 Å². The first-order valence-electron chi connectivity index (χ1n) is 13.6. The Morgan fingerprint density at radius 3 is 2.65 bits per heavy atom. The molecule has 3 N–H and O–H groups in total. The van der Waals surface area contributed by atoms with Crippen LogP contribution in [0.3, 0.4) is 0 Å². The molecule has 0 aromatic heterocycles. The highest BCUT2D eigenvalue weighted by Gasteiger charge is 2.41. The van der Waals surface area contributed by atoms with Crippen LogP contribution in [-0.2, 0) is 9.47 Å². The lowest BCUT2D eigenvalue weighted by Gasteiger charge is -2.45. The normalized spacial score (nSPS) is 23.4. The van der Waals surface area contributed by atoms with Gasteiger partial charge in [0.2, 0.25) is 0 Å². The Labute approximate surface area is 206 Å². The van der Waals surface area contributed by atoms with Gasteiger partial charge >= 0.3 is 6.03 Å². The quantitative estimate of drug-likeness (QED) is 0.405. The third-order valence-corrected chi connectivity index (χ3v) is 7.63. The number of nitrogens with two attached hydrogens (primary N) is 1. The summed E-state index contributed by atoms with van der Waals surface area (Å²) in [5, 5.41) is 3.27. The molecule has 6 nitrogen and oxygen atoms in total. The maximum absolute atomic E-state index is 13.3. The second-order valence-electron chi connectivity index (χ2n) is 10.5. The second-order valence-corrected chi connectivity index (χ2v) is 10.5. The Morgan fingerprint density at radius 2 is 1.94 bits per heavy atom. The van der Waals surface area contributed by atoms with E-state index in [4.69, 9.17) is 15.2 Å². The molecule has 1 saturated carbocycles. The molecule has 1 saturated heterocycles. The van der Waals surface area contributed by atoms with Gasteiger partial charge in [-0.25, -0.2) is 4.79 Å². The van der Waals surface area contributed by atoms with Crippen LogP contribution < -0.4 is 11.1 Å². The van der Waals surface area contributed by atoms with Crippen molar-refractivity contribution in [3.63, 3.8) is 0 Å². The molecule has 34 heavy (non-hydrogen) atoms. The largest absolute Gasteiger partial charge is 0.382 e. The van der Waals surface area contributed by atoms with E-state index in [9.17, 15) is 4.79 Å². The molecule has 2 unspecified atom stereocenters. The van der Waals surface area contributed by atoms with E-state index in [1.165, 1.54) is 37.7 Å². The highest BCUT2D eigenvalue weighted by atomic mass is 16.5. The number of amides is 2. The fourth-order valence-corrected chi connectivity index (χ4v) is 5.79. The number of rotatable bonds is 12. The molecule has 1 aromatic carbocycles. The van der Waals surface area contributed by atoms with Crippen LogP contribution in [0.5, 0.6) is 0 Å². The van der Waals surface area contributed by atoms with Crippen molar-refractivity contribution in [3.05, 3.63) is 35.9 Å². The lowest BCUT2D eigenvalue weighted by molar-refractivity contribution is -0.0671. The minimum absolute atomic E-state index is 0.0281. The van der Waals surface area contributed by atoms with Crippen molar-refractivity contribution >= 4 is 6.03 Å². The first kappa shape index (κ1) is 27.0. The fraction of sp³-hybridized carbons (Fsp3) is 0.750. The molecule has 1 aromatic rings. The van der Waals surface area contributed by atoms with Crippen LogP contribution in [0.4, 0.5) is 4.79 Å². The molecule has 1 aliphatic heterocycles. The van der Waals surface area contributed by atoms with Crippen molar-refractivity contribution in [2.75, 3.05) is 39.5 Å². The molecule has 0 spiro atoms. The lowest BCUT2D eigenvalue weighted by atomic mass is 9.74. The van der Waals surface area contributed by atoms with Crippen molar-refractivity contribution < 1.29 is 14.3 Å². The van der Waals surface area contributed by atoms with Gasteiger partial charge in [0, 0.05) is 50.9 Å². The standard InChI is InChI=1S/C28H47N3O3/c1-3-33-18-11-19-34-26(24-14-8-5-9-15-24)28(2)16-10-17-31(22-28)27(32)30-25(21-29)20-23-12-6-4-7-13-23/h5,8-9,14-15,23,25-26H,3-4,6-7,10-13,16-22,29H2,1-2H3,(H,30,32)/t25-,26?,28?/m0/s1. The molecule has 1 aliphatic carbocycles. The number of hydrogen-bond donors (Lipinski definition) is 2. The number of benzene rings is 1. The summed E-state index contributed by atoms with van der Waals surface area (Å²) in [6.45, 7) is 8.36. The van der Waals surface area contributed by atoms with Crippen molar-refractivity contribution in [1.29, 1.82) is 0 Å². The van der Waals surface area contributed by atoms with Gasteiger partial charge in [0.25, 0.3) is 0 Å². The van der Waals surface area contributed by atoms with Gasteiger partial charge in [-0.15, -0.1) is 0 Å². The Morgan fingerprint density at radius 1 is 1.18 bits per heavy atom. The first-order chi connectivity index (χ1) is 16.6. The van der Waals surface area contributed by atoms with E-state index < -0.39 is 0 Å². The van der Waals surface area contributed by atoms with Crippen LogP contribution >= 0.6 is 0 Å². The van der Waals surface area contributed by atoms with Gasteiger partial charge in [-0.05, 0) is 44.1 Å². The van der Waals surface area contributed by atoms with E-state index in [0.717, 1.165) is 38.8 Å². The molecule has 3 rings (SSSR count). The van der Waals surface area contributed by atoms with Crippen molar-refractivity contribution in [3.8, 4) is 0 Å². The minimum atomic E-state index is -0.149. The number of carbonyl (C=O) groups is 1. The van der Waals surface area contributed by atoms with Crippen LogP contribution in [0.15, 0.2) is 30.3 Å². The molecule has 192 valence electrons. The third-order valence-electron chi connectivity index (χ3n) is 7.63. The third kappa shape index (κ3) is 7.96. The summed E-state index contributed by atoms with van der Waals surface area (Å²) in [6, 6.07) is 10.6. The molecular weight excluding hydrogens is 426 g/mol. The number of piperidine rings is 1. The SMILES string of the molecule is CCOCCCOC(c1ccccc1)C1(C)CCCN(C(=O)N[C@H](CN)CC2CCCCC2)C1. The number of nitrogens with zero attached hydrogens (tertiary/aromatic N) is 1. The topological polar surface area (TPSA) is 76.8 Å². The molecule has 1 heterocycles. The van der Waals surface area contributed by atoms with E-state index in [-0.39, 0.29) is 23.6 Å². The van der Waals surface area contributed by atoms with Gasteiger partial charge in [0.15, 0.2) is 0 Å². The van der Waals surface area contributed by atoms with Gasteiger partial charge in [-0.3, -0.25) is 0 Å². The van der Waals surface area contributed by atoms with E-state index in [1.54, 1.807) is 0 Å². The van der Waals surface area contributed by atoms with E-state index in [0.29, 0.717) is 32.2 Å². The maximum atomic E-state index is 13.3. The number of carbonyl (C=O) groups excluding carboxylic acids is 1. The summed E-state index contributed by atoms with van der Waals surface area (Å²) in [7, 11) is 0. The molecule has 2 fully saturated rings. The smallest absolute Gasteiger partial charge is 0.317 e. The predicted molar refractivity (Wildman–Crippen MR) is 138 cm³/mol. The van der Waals surface area contributed by atoms with Crippen LogP contribution in [0, 0.1) is 11.3 Å². The number of ether oxygens (including phenoxy) is 2. The van der Waals surface area contributed by atoms with E-state index in [2.05, 4.69) is 36.5 Å². The lowest BCUT2D eigenvalue weighted by Crippen LogP contribution is -2.54. The first-order valence-corrected chi connectivity index (χ1v) is 13.6. The molecular formula is C28H47N3O3. The summed E-state index contributed by atoms with van der Waals surface area (Å²) in [5.41, 5.74) is 7.10. The second kappa shape index (κ2) is 14.1.